The summed E-state index contributed by atoms with van der Waals surface area (Å²) in [7, 11) is 0. The molecule has 0 saturated heterocycles. The van der Waals surface area contributed by atoms with Gasteiger partial charge in [0.05, 0.1) is 0 Å². The van der Waals surface area contributed by atoms with Gasteiger partial charge in [-0.2, -0.15) is 0 Å². The van der Waals surface area contributed by atoms with E-state index >= 15 is 0 Å². The molecule has 0 aromatic heterocycles. The monoisotopic (exact) mass is 308 g/mol. The maximum atomic E-state index is 2.42. The lowest BCUT2D eigenvalue weighted by Gasteiger charge is -2.28. The van der Waals surface area contributed by atoms with E-state index in [-0.39, 0.29) is 0 Å². The number of benzene rings is 3. The number of hydrogen-bond donors (Lipinski definition) is 0. The van der Waals surface area contributed by atoms with Crippen LogP contribution in [-0.4, -0.2) is 0 Å². The van der Waals surface area contributed by atoms with Crippen LogP contribution in [-0.2, 0) is 6.42 Å². The summed E-state index contributed by atoms with van der Waals surface area (Å²) in [6.45, 7) is 4.59. The van der Waals surface area contributed by atoms with Gasteiger partial charge in [-0.15, -0.1) is 0 Å². The van der Waals surface area contributed by atoms with Gasteiger partial charge in [0.2, 0.25) is 0 Å². The Morgan fingerprint density at radius 3 is 2.33 bits per heavy atom. The van der Waals surface area contributed by atoms with Crippen molar-refractivity contribution in [2.45, 2.75) is 20.3 Å². The van der Waals surface area contributed by atoms with E-state index in [9.17, 15) is 0 Å². The Morgan fingerprint density at radius 1 is 0.875 bits per heavy atom. The van der Waals surface area contributed by atoms with Gasteiger partial charge in [0.1, 0.15) is 0 Å². The molecule has 0 amide bonds. The molecule has 116 valence electrons. The maximum absolute atomic E-state index is 2.42. The van der Waals surface area contributed by atoms with Crippen molar-refractivity contribution < 1.29 is 0 Å². The van der Waals surface area contributed by atoms with Gasteiger partial charge in [-0.1, -0.05) is 54.6 Å². The Morgan fingerprint density at radius 2 is 1.58 bits per heavy atom. The number of allylic oxidation sites excluding steroid dienone is 5. The molecule has 0 bridgehead atoms. The third-order valence-electron chi connectivity index (χ3n) is 5.78. The fraction of sp³-hybridized carbons (Fsp3) is 0.167. The van der Waals surface area contributed by atoms with Gasteiger partial charge in [0.15, 0.2) is 0 Å². The lowest BCUT2D eigenvalue weighted by Crippen LogP contribution is -2.14. The molecule has 3 aromatic rings. The highest BCUT2D eigenvalue weighted by Gasteiger charge is 2.23. The standard InChI is InChI=1S/C24H20/c1-15-21-11-17-7-3-5-9-19(17)13-23(21)16(2)24-14-20-10-6-4-8-18(20)12-22(15)24/h3-13,20H,14H2,1-2H3. The lowest BCUT2D eigenvalue weighted by atomic mass is 9.77. The van der Waals surface area contributed by atoms with Gasteiger partial charge in [0, 0.05) is 5.92 Å². The van der Waals surface area contributed by atoms with Crippen LogP contribution >= 0.6 is 0 Å². The molecule has 0 nitrogen and oxygen atoms in total. The van der Waals surface area contributed by atoms with Crippen molar-refractivity contribution >= 4 is 27.6 Å². The minimum Gasteiger partial charge on any atom is -0.0767 e. The second kappa shape index (κ2) is 4.95. The Kier molecular flexibility index (Phi) is 2.84. The van der Waals surface area contributed by atoms with Crippen LogP contribution in [0.4, 0.5) is 0 Å². The van der Waals surface area contributed by atoms with Gasteiger partial charge in [-0.05, 0) is 81.8 Å². The van der Waals surface area contributed by atoms with Crippen LogP contribution < -0.4 is 0 Å². The molecule has 0 spiro atoms. The summed E-state index contributed by atoms with van der Waals surface area (Å²) in [5, 5.41) is 5.47. The molecule has 0 heterocycles. The summed E-state index contributed by atoms with van der Waals surface area (Å²) < 4.78 is 0. The maximum Gasteiger partial charge on any atom is 0.00620 e. The average molecular weight is 308 g/mol. The molecular formula is C24H20. The second-order valence-electron chi connectivity index (χ2n) is 7.09. The zero-order chi connectivity index (χ0) is 16.3. The fourth-order valence-electron chi connectivity index (χ4n) is 4.38. The van der Waals surface area contributed by atoms with Gasteiger partial charge in [-0.25, -0.2) is 0 Å². The summed E-state index contributed by atoms with van der Waals surface area (Å²) in [5.74, 6) is 0.540. The van der Waals surface area contributed by atoms with Crippen molar-refractivity contribution in [3.8, 4) is 0 Å². The molecule has 5 rings (SSSR count). The van der Waals surface area contributed by atoms with Crippen molar-refractivity contribution in [1.29, 1.82) is 0 Å². The molecule has 2 aliphatic carbocycles. The van der Waals surface area contributed by atoms with Gasteiger partial charge < -0.3 is 0 Å². The Hall–Kier alpha value is -2.60. The quantitative estimate of drug-likeness (QED) is 0.428. The lowest BCUT2D eigenvalue weighted by molar-refractivity contribution is 0.755. The van der Waals surface area contributed by atoms with Crippen molar-refractivity contribution in [3.63, 3.8) is 0 Å². The second-order valence-corrected chi connectivity index (χ2v) is 7.09. The van der Waals surface area contributed by atoms with E-state index in [0.717, 1.165) is 6.42 Å². The highest BCUT2D eigenvalue weighted by molar-refractivity contribution is 6.03. The van der Waals surface area contributed by atoms with Crippen LogP contribution in [0.5, 0.6) is 0 Å². The molecule has 0 heteroatoms. The normalized spacial score (nSPS) is 18.6. The summed E-state index contributed by atoms with van der Waals surface area (Å²) in [6.07, 6.45) is 12.5. The summed E-state index contributed by atoms with van der Waals surface area (Å²) in [5.41, 5.74) is 7.30. The predicted molar refractivity (Wildman–Crippen MR) is 104 cm³/mol. The van der Waals surface area contributed by atoms with E-state index in [1.165, 1.54) is 49.4 Å². The molecule has 0 N–H and O–H groups in total. The van der Waals surface area contributed by atoms with E-state index in [2.05, 4.69) is 80.6 Å². The predicted octanol–water partition coefficient (Wildman–Crippen LogP) is 6.29. The molecule has 0 radical (unpaired) electrons. The average Bonchev–Trinajstić information content (AvgIpc) is 2.64. The smallest absolute Gasteiger partial charge is 0.00620 e. The minimum absolute atomic E-state index is 0.540. The van der Waals surface area contributed by atoms with Crippen molar-refractivity contribution in [2.75, 3.05) is 0 Å². The zero-order valence-electron chi connectivity index (χ0n) is 14.1. The van der Waals surface area contributed by atoms with Crippen LogP contribution in [0.25, 0.3) is 27.6 Å². The van der Waals surface area contributed by atoms with Crippen LogP contribution in [0.1, 0.15) is 22.3 Å². The molecule has 0 aliphatic heterocycles. The highest BCUT2D eigenvalue weighted by Crippen LogP contribution is 2.40. The minimum atomic E-state index is 0.540. The van der Waals surface area contributed by atoms with Crippen molar-refractivity contribution in [3.05, 3.63) is 88.5 Å². The molecule has 0 fully saturated rings. The SMILES string of the molecule is Cc1c2c(c(C)c3cc4ccccc4cc13)CC1C=CC=CC1=C2. The van der Waals surface area contributed by atoms with Crippen LogP contribution in [0, 0.1) is 19.8 Å². The third-order valence-corrected chi connectivity index (χ3v) is 5.78. The van der Waals surface area contributed by atoms with Crippen molar-refractivity contribution in [2.24, 2.45) is 5.92 Å². The summed E-state index contributed by atoms with van der Waals surface area (Å²) in [4.78, 5) is 0. The molecule has 3 aromatic carbocycles. The number of fused-ring (bicyclic) bond motifs is 4. The van der Waals surface area contributed by atoms with Crippen LogP contribution in [0.2, 0.25) is 0 Å². The first kappa shape index (κ1) is 13.8. The van der Waals surface area contributed by atoms with Gasteiger partial charge in [-0.3, -0.25) is 0 Å². The van der Waals surface area contributed by atoms with Gasteiger partial charge in [0.25, 0.3) is 0 Å². The van der Waals surface area contributed by atoms with E-state index in [0.29, 0.717) is 5.92 Å². The Bertz CT molecular complexity index is 1090. The topological polar surface area (TPSA) is 0 Å². The summed E-state index contributed by atoms with van der Waals surface area (Å²) >= 11 is 0. The molecule has 1 atom stereocenters. The fourth-order valence-corrected chi connectivity index (χ4v) is 4.38. The number of hydrogen-bond acceptors (Lipinski definition) is 0. The first-order valence-electron chi connectivity index (χ1n) is 8.73. The molecule has 2 aliphatic rings. The van der Waals surface area contributed by atoms with E-state index in [1.807, 2.05) is 0 Å². The van der Waals surface area contributed by atoms with E-state index in [4.69, 9.17) is 0 Å². The van der Waals surface area contributed by atoms with Crippen LogP contribution in [0.3, 0.4) is 0 Å². The summed E-state index contributed by atoms with van der Waals surface area (Å²) in [6, 6.07) is 13.4. The molecule has 24 heavy (non-hydrogen) atoms. The van der Waals surface area contributed by atoms with Crippen molar-refractivity contribution in [1.82, 2.24) is 0 Å². The Balaban J connectivity index is 1.88. The molecule has 1 unspecified atom stereocenters. The largest absolute Gasteiger partial charge is 0.0767 e. The van der Waals surface area contributed by atoms with E-state index < -0.39 is 0 Å². The first-order chi connectivity index (χ1) is 11.7. The zero-order valence-corrected chi connectivity index (χ0v) is 14.1. The van der Waals surface area contributed by atoms with Gasteiger partial charge >= 0.3 is 0 Å². The molecular weight excluding hydrogens is 288 g/mol. The number of aryl methyl sites for hydroxylation is 2. The van der Waals surface area contributed by atoms with E-state index in [1.54, 1.807) is 0 Å². The number of rotatable bonds is 0. The highest BCUT2D eigenvalue weighted by atomic mass is 14.3. The molecule has 0 saturated carbocycles. The van der Waals surface area contributed by atoms with Crippen LogP contribution in [0.15, 0.2) is 66.3 Å². The first-order valence-corrected chi connectivity index (χ1v) is 8.73. The third kappa shape index (κ3) is 1.86. The Labute approximate surface area is 142 Å².